The molecule has 0 aliphatic carbocycles. The van der Waals surface area contributed by atoms with Crippen LogP contribution in [0.1, 0.15) is 23.6 Å². The summed E-state index contributed by atoms with van der Waals surface area (Å²) in [7, 11) is 0. The number of hydrogen-bond donors (Lipinski definition) is 0. The maximum Gasteiger partial charge on any atom is 0.416 e. The van der Waals surface area contributed by atoms with Gasteiger partial charge in [-0.05, 0) is 30.2 Å². The van der Waals surface area contributed by atoms with Crippen molar-refractivity contribution in [1.82, 2.24) is 14.5 Å². The average Bonchev–Trinajstić information content (AvgIpc) is 3.28. The number of halogens is 3. The van der Waals surface area contributed by atoms with Crippen LogP contribution in [0.5, 0.6) is 0 Å². The monoisotopic (exact) mass is 373 g/mol. The molecule has 0 saturated carbocycles. The lowest BCUT2D eigenvalue weighted by Gasteiger charge is -2.18. The number of hydrogen-bond acceptors (Lipinski definition) is 2. The van der Waals surface area contributed by atoms with Gasteiger partial charge in [-0.2, -0.15) is 13.2 Å². The summed E-state index contributed by atoms with van der Waals surface area (Å²) in [6, 6.07) is 12.9. The molecule has 1 aliphatic heterocycles. The Balaban J connectivity index is 1.45. The zero-order valence-corrected chi connectivity index (χ0v) is 14.5. The zero-order chi connectivity index (χ0) is 19.0. The summed E-state index contributed by atoms with van der Waals surface area (Å²) in [4.78, 5) is 18.7. The van der Waals surface area contributed by atoms with Crippen LogP contribution < -0.4 is 0 Å². The molecule has 0 radical (unpaired) electrons. The largest absolute Gasteiger partial charge is 0.416 e. The summed E-state index contributed by atoms with van der Waals surface area (Å²) in [6.45, 7) is 1.13. The maximum absolute atomic E-state index is 12.8. The summed E-state index contributed by atoms with van der Waals surface area (Å²) in [6.07, 6.45) is -1.84. The second kappa shape index (κ2) is 6.72. The SMILES string of the molecule is O=C(Cc1cccc(C(F)(F)F)c1)N1CCC(n2cnc3ccccc32)C1. The standard InChI is InChI=1S/C20H18F3N3O/c21-20(22,23)15-5-3-4-14(10-15)11-19(27)25-9-8-16(12-25)26-13-24-17-6-1-2-7-18(17)26/h1-7,10,13,16H,8-9,11-12H2. The second-order valence-electron chi connectivity index (χ2n) is 6.80. The third kappa shape index (κ3) is 3.54. The first-order valence-electron chi connectivity index (χ1n) is 8.77. The molecule has 1 aliphatic rings. The van der Waals surface area contributed by atoms with Crippen LogP contribution >= 0.6 is 0 Å². The van der Waals surface area contributed by atoms with E-state index in [4.69, 9.17) is 0 Å². The van der Waals surface area contributed by atoms with E-state index in [0.717, 1.165) is 29.6 Å². The molecule has 1 saturated heterocycles. The number of nitrogens with zero attached hydrogens (tertiary/aromatic N) is 3. The molecule has 2 heterocycles. The molecule has 1 fully saturated rings. The van der Waals surface area contributed by atoms with Gasteiger partial charge in [0.2, 0.25) is 5.91 Å². The number of amides is 1. The van der Waals surface area contributed by atoms with Gasteiger partial charge in [-0.25, -0.2) is 4.98 Å². The molecule has 0 bridgehead atoms. The molecule has 0 N–H and O–H groups in total. The van der Waals surface area contributed by atoms with Crippen molar-refractivity contribution in [3.8, 4) is 0 Å². The van der Waals surface area contributed by atoms with Crippen molar-refractivity contribution < 1.29 is 18.0 Å². The Bertz CT molecular complexity index is 980. The van der Waals surface area contributed by atoms with Crippen LogP contribution in [-0.4, -0.2) is 33.4 Å². The number of carbonyl (C=O) groups excluding carboxylic acids is 1. The van der Waals surface area contributed by atoms with Crippen molar-refractivity contribution in [2.24, 2.45) is 0 Å². The minimum absolute atomic E-state index is 0.0265. The molecule has 27 heavy (non-hydrogen) atoms. The average molecular weight is 373 g/mol. The predicted molar refractivity (Wildman–Crippen MR) is 95.1 cm³/mol. The minimum Gasteiger partial charge on any atom is -0.340 e. The molecule has 1 aromatic heterocycles. The maximum atomic E-state index is 12.8. The van der Waals surface area contributed by atoms with Gasteiger partial charge in [0.15, 0.2) is 0 Å². The van der Waals surface area contributed by atoms with Gasteiger partial charge in [0, 0.05) is 13.1 Å². The van der Waals surface area contributed by atoms with Gasteiger partial charge in [0.05, 0.1) is 35.4 Å². The summed E-state index contributed by atoms with van der Waals surface area (Å²) in [5, 5.41) is 0. The number of benzene rings is 2. The molecular formula is C20H18F3N3O. The minimum atomic E-state index is -4.40. The lowest BCUT2D eigenvalue weighted by Crippen LogP contribution is -2.30. The summed E-state index contributed by atoms with van der Waals surface area (Å²) in [5.74, 6) is -0.152. The highest BCUT2D eigenvalue weighted by Gasteiger charge is 2.31. The van der Waals surface area contributed by atoms with Crippen molar-refractivity contribution in [2.75, 3.05) is 13.1 Å². The van der Waals surface area contributed by atoms with Crippen LogP contribution in [0.25, 0.3) is 11.0 Å². The molecular weight excluding hydrogens is 355 g/mol. The highest BCUT2D eigenvalue weighted by molar-refractivity contribution is 5.79. The number of alkyl halides is 3. The predicted octanol–water partition coefficient (Wildman–Crippen LogP) is 4.07. The quantitative estimate of drug-likeness (QED) is 0.694. The lowest BCUT2D eigenvalue weighted by molar-refractivity contribution is -0.138. The Morgan fingerprint density at radius 1 is 1.15 bits per heavy atom. The second-order valence-corrected chi connectivity index (χ2v) is 6.80. The van der Waals surface area contributed by atoms with Crippen molar-refractivity contribution in [1.29, 1.82) is 0 Å². The van der Waals surface area contributed by atoms with Crippen molar-refractivity contribution in [3.05, 3.63) is 66.0 Å². The van der Waals surface area contributed by atoms with Crippen LogP contribution in [0, 0.1) is 0 Å². The molecule has 1 atom stereocenters. The number of likely N-dealkylation sites (tertiary alicyclic amines) is 1. The van der Waals surface area contributed by atoms with Gasteiger partial charge in [0.1, 0.15) is 0 Å². The molecule has 2 aromatic carbocycles. The number of rotatable bonds is 3. The summed E-state index contributed by atoms with van der Waals surface area (Å²) < 4.78 is 40.6. The summed E-state index contributed by atoms with van der Waals surface area (Å²) in [5.41, 5.74) is 1.59. The van der Waals surface area contributed by atoms with E-state index in [-0.39, 0.29) is 18.4 Å². The van der Waals surface area contributed by atoms with Crippen molar-refractivity contribution >= 4 is 16.9 Å². The molecule has 3 aromatic rings. The van der Waals surface area contributed by atoms with Gasteiger partial charge in [0.25, 0.3) is 0 Å². The van der Waals surface area contributed by atoms with E-state index in [1.54, 1.807) is 17.3 Å². The van der Waals surface area contributed by atoms with Crippen molar-refractivity contribution in [3.63, 3.8) is 0 Å². The normalized spacial score (nSPS) is 17.6. The highest BCUT2D eigenvalue weighted by atomic mass is 19.4. The van der Waals surface area contributed by atoms with Crippen LogP contribution in [0.2, 0.25) is 0 Å². The molecule has 4 rings (SSSR count). The van der Waals surface area contributed by atoms with Gasteiger partial charge in [-0.15, -0.1) is 0 Å². The Labute approximate surface area is 154 Å². The molecule has 140 valence electrons. The van der Waals surface area contributed by atoms with Crippen LogP contribution in [0.3, 0.4) is 0 Å². The Morgan fingerprint density at radius 2 is 1.96 bits per heavy atom. The third-order valence-electron chi connectivity index (χ3n) is 5.00. The van der Waals surface area contributed by atoms with Crippen LogP contribution in [0.15, 0.2) is 54.9 Å². The van der Waals surface area contributed by atoms with Crippen molar-refractivity contribution in [2.45, 2.75) is 25.1 Å². The fourth-order valence-electron chi connectivity index (χ4n) is 3.61. The molecule has 7 heteroatoms. The number of aromatic nitrogens is 2. The Hall–Kier alpha value is -2.83. The van der Waals surface area contributed by atoms with E-state index >= 15 is 0 Å². The van der Waals surface area contributed by atoms with E-state index in [9.17, 15) is 18.0 Å². The molecule has 1 amide bonds. The molecule has 4 nitrogen and oxygen atoms in total. The zero-order valence-electron chi connectivity index (χ0n) is 14.5. The van der Waals surface area contributed by atoms with E-state index < -0.39 is 11.7 Å². The number of imidazole rings is 1. The number of carbonyl (C=O) groups is 1. The smallest absolute Gasteiger partial charge is 0.340 e. The number of fused-ring (bicyclic) bond motifs is 1. The van der Waals surface area contributed by atoms with E-state index in [2.05, 4.69) is 9.55 Å². The van der Waals surface area contributed by atoms with E-state index in [1.807, 2.05) is 24.3 Å². The van der Waals surface area contributed by atoms with Gasteiger partial charge < -0.3 is 9.47 Å². The Morgan fingerprint density at radius 3 is 2.78 bits per heavy atom. The van der Waals surface area contributed by atoms with Gasteiger partial charge >= 0.3 is 6.18 Å². The Kier molecular flexibility index (Phi) is 4.37. The highest BCUT2D eigenvalue weighted by Crippen LogP contribution is 2.30. The first kappa shape index (κ1) is 17.6. The van der Waals surface area contributed by atoms with E-state index in [0.29, 0.717) is 18.7 Å². The van der Waals surface area contributed by atoms with Crippen LogP contribution in [0.4, 0.5) is 13.2 Å². The van der Waals surface area contributed by atoms with Gasteiger partial charge in [-0.3, -0.25) is 4.79 Å². The van der Waals surface area contributed by atoms with E-state index in [1.165, 1.54) is 6.07 Å². The fourth-order valence-corrected chi connectivity index (χ4v) is 3.61. The lowest BCUT2D eigenvalue weighted by atomic mass is 10.1. The van der Waals surface area contributed by atoms with Crippen LogP contribution in [-0.2, 0) is 17.4 Å². The summed E-state index contributed by atoms with van der Waals surface area (Å²) >= 11 is 0. The first-order valence-corrected chi connectivity index (χ1v) is 8.77. The molecule has 1 unspecified atom stereocenters. The first-order chi connectivity index (χ1) is 12.9. The topological polar surface area (TPSA) is 38.1 Å². The fraction of sp³-hybridized carbons (Fsp3) is 0.300. The number of para-hydroxylation sites is 2. The third-order valence-corrected chi connectivity index (χ3v) is 5.00. The molecule has 0 spiro atoms. The van der Waals surface area contributed by atoms with Gasteiger partial charge in [-0.1, -0.05) is 30.3 Å².